The summed E-state index contributed by atoms with van der Waals surface area (Å²) in [7, 11) is 0. The second-order valence-electron chi connectivity index (χ2n) is 7.22. The number of benzene rings is 2. The van der Waals surface area contributed by atoms with Crippen molar-refractivity contribution in [3.8, 4) is 22.4 Å². The Bertz CT molecular complexity index is 1130. The van der Waals surface area contributed by atoms with Crippen molar-refractivity contribution in [2.75, 3.05) is 31.7 Å². The molecule has 0 radical (unpaired) electrons. The van der Waals surface area contributed by atoms with E-state index in [1.54, 1.807) is 15.6 Å². The first kappa shape index (κ1) is 17.7. The van der Waals surface area contributed by atoms with Crippen molar-refractivity contribution in [1.82, 2.24) is 9.58 Å². The van der Waals surface area contributed by atoms with Gasteiger partial charge in [0.2, 0.25) is 0 Å². The Labute approximate surface area is 168 Å². The SMILES string of the molecule is O=C(c1cc(-c2ccccc2)c(=O)n2c1-c1ccccc1CN2)N1CCOCC1. The Morgan fingerprint density at radius 2 is 1.66 bits per heavy atom. The Morgan fingerprint density at radius 1 is 0.931 bits per heavy atom. The molecule has 1 saturated heterocycles. The number of fused-ring (bicyclic) bond motifs is 3. The summed E-state index contributed by atoms with van der Waals surface area (Å²) in [6.07, 6.45) is 0. The van der Waals surface area contributed by atoms with Crippen LogP contribution in [0.1, 0.15) is 15.9 Å². The molecule has 0 atom stereocenters. The number of carbonyl (C=O) groups is 1. The maximum atomic E-state index is 13.5. The number of carbonyl (C=O) groups excluding carboxylic acids is 1. The van der Waals surface area contributed by atoms with E-state index in [0.29, 0.717) is 49.7 Å². The lowest BCUT2D eigenvalue weighted by atomic mass is 9.95. The van der Waals surface area contributed by atoms with Crippen LogP contribution >= 0.6 is 0 Å². The molecule has 2 aromatic carbocycles. The van der Waals surface area contributed by atoms with Crippen LogP contribution in [0.4, 0.5) is 0 Å². The smallest absolute Gasteiger partial charge is 0.277 e. The minimum Gasteiger partial charge on any atom is -0.378 e. The summed E-state index contributed by atoms with van der Waals surface area (Å²) < 4.78 is 6.95. The minimum atomic E-state index is -0.153. The standard InChI is InChI=1S/C23H21N3O3/c27-22(25-10-12-29-13-11-25)20-14-19(16-6-2-1-3-7-16)23(28)26-21(20)18-9-5-4-8-17(18)15-24-26/h1-9,14,24H,10-13,15H2. The van der Waals surface area contributed by atoms with Gasteiger partial charge in [0.1, 0.15) is 0 Å². The number of rotatable bonds is 2. The molecule has 6 nitrogen and oxygen atoms in total. The fourth-order valence-corrected chi connectivity index (χ4v) is 4.03. The van der Waals surface area contributed by atoms with Gasteiger partial charge in [-0.2, -0.15) is 0 Å². The highest BCUT2D eigenvalue weighted by atomic mass is 16.5. The Balaban J connectivity index is 1.76. The molecule has 0 unspecified atom stereocenters. The van der Waals surface area contributed by atoms with E-state index in [4.69, 9.17) is 4.74 Å². The monoisotopic (exact) mass is 387 g/mol. The second kappa shape index (κ2) is 7.22. The third kappa shape index (κ3) is 3.02. The molecule has 1 N–H and O–H groups in total. The molecule has 1 fully saturated rings. The molecule has 0 spiro atoms. The average molecular weight is 387 g/mol. The largest absolute Gasteiger partial charge is 0.378 e. The molecule has 0 saturated carbocycles. The van der Waals surface area contributed by atoms with E-state index >= 15 is 0 Å². The highest BCUT2D eigenvalue weighted by molar-refractivity contribution is 6.01. The molecular formula is C23H21N3O3. The van der Waals surface area contributed by atoms with Gasteiger partial charge in [-0.05, 0) is 17.2 Å². The summed E-state index contributed by atoms with van der Waals surface area (Å²) in [5, 5.41) is 0. The number of hydrogen-bond acceptors (Lipinski definition) is 4. The van der Waals surface area contributed by atoms with Gasteiger partial charge >= 0.3 is 0 Å². The van der Waals surface area contributed by atoms with Crippen molar-refractivity contribution in [2.24, 2.45) is 0 Å². The number of nitrogens with one attached hydrogen (secondary N) is 1. The number of nitrogens with zero attached hydrogens (tertiary/aromatic N) is 2. The maximum absolute atomic E-state index is 13.5. The molecule has 1 amide bonds. The predicted octanol–water partition coefficient (Wildman–Crippen LogP) is 2.71. The topological polar surface area (TPSA) is 63.6 Å². The van der Waals surface area contributed by atoms with Gasteiger partial charge in [-0.25, -0.2) is 4.68 Å². The van der Waals surface area contributed by atoms with Crippen LogP contribution in [0, 0.1) is 0 Å². The zero-order valence-corrected chi connectivity index (χ0v) is 15.9. The van der Waals surface area contributed by atoms with Crippen LogP contribution in [0.3, 0.4) is 0 Å². The molecule has 1 aromatic heterocycles. The van der Waals surface area contributed by atoms with Crippen LogP contribution in [-0.4, -0.2) is 41.8 Å². The van der Waals surface area contributed by atoms with Crippen LogP contribution in [0.5, 0.6) is 0 Å². The number of ether oxygens (including phenoxy) is 1. The van der Waals surface area contributed by atoms with Crippen molar-refractivity contribution in [3.63, 3.8) is 0 Å². The Kier molecular flexibility index (Phi) is 4.41. The third-order valence-corrected chi connectivity index (χ3v) is 5.51. The molecule has 2 aliphatic rings. The van der Waals surface area contributed by atoms with E-state index in [9.17, 15) is 9.59 Å². The lowest BCUT2D eigenvalue weighted by Gasteiger charge is -2.30. The van der Waals surface area contributed by atoms with Crippen molar-refractivity contribution in [3.05, 3.63) is 82.1 Å². The van der Waals surface area contributed by atoms with E-state index in [0.717, 1.165) is 16.7 Å². The molecular weight excluding hydrogens is 366 g/mol. The van der Waals surface area contributed by atoms with Crippen LogP contribution < -0.4 is 11.0 Å². The number of hydrogen-bond donors (Lipinski definition) is 1. The van der Waals surface area contributed by atoms with Gasteiger partial charge in [0.05, 0.1) is 31.0 Å². The lowest BCUT2D eigenvalue weighted by molar-refractivity contribution is 0.0303. The number of pyridine rings is 1. The van der Waals surface area contributed by atoms with Crippen molar-refractivity contribution < 1.29 is 9.53 Å². The van der Waals surface area contributed by atoms with Crippen LogP contribution in [0.25, 0.3) is 22.4 Å². The minimum absolute atomic E-state index is 0.0762. The van der Waals surface area contributed by atoms with E-state index in [1.807, 2.05) is 54.6 Å². The van der Waals surface area contributed by atoms with Crippen LogP contribution in [0.15, 0.2) is 65.5 Å². The fourth-order valence-electron chi connectivity index (χ4n) is 4.03. The highest BCUT2D eigenvalue weighted by Crippen LogP contribution is 2.32. The normalized spacial score (nSPS) is 15.2. The van der Waals surface area contributed by atoms with Gasteiger partial charge in [0.15, 0.2) is 0 Å². The molecule has 29 heavy (non-hydrogen) atoms. The molecule has 3 heterocycles. The van der Waals surface area contributed by atoms with E-state index in [-0.39, 0.29) is 11.5 Å². The maximum Gasteiger partial charge on any atom is 0.277 e. The first-order valence-corrected chi connectivity index (χ1v) is 9.78. The summed E-state index contributed by atoms with van der Waals surface area (Å²) in [5.41, 5.74) is 7.50. The number of morpholine rings is 1. The molecule has 0 bridgehead atoms. The molecule has 2 aliphatic heterocycles. The lowest BCUT2D eigenvalue weighted by Crippen LogP contribution is -2.42. The summed E-state index contributed by atoms with van der Waals surface area (Å²) in [4.78, 5) is 28.6. The van der Waals surface area contributed by atoms with Crippen molar-refractivity contribution in [1.29, 1.82) is 0 Å². The molecule has 0 aliphatic carbocycles. The average Bonchev–Trinajstić information content (AvgIpc) is 2.80. The third-order valence-electron chi connectivity index (χ3n) is 5.51. The Morgan fingerprint density at radius 3 is 2.45 bits per heavy atom. The Hall–Kier alpha value is -3.38. The summed E-state index contributed by atoms with van der Waals surface area (Å²) in [6.45, 7) is 2.69. The first-order chi connectivity index (χ1) is 14.2. The summed E-state index contributed by atoms with van der Waals surface area (Å²) in [5.74, 6) is -0.0762. The zero-order chi connectivity index (χ0) is 19.8. The van der Waals surface area contributed by atoms with E-state index in [1.165, 1.54) is 0 Å². The van der Waals surface area contributed by atoms with Gasteiger partial charge in [-0.1, -0.05) is 54.6 Å². The fraction of sp³-hybridized carbons (Fsp3) is 0.217. The number of amides is 1. The first-order valence-electron chi connectivity index (χ1n) is 9.78. The number of aromatic nitrogens is 1. The predicted molar refractivity (Wildman–Crippen MR) is 111 cm³/mol. The van der Waals surface area contributed by atoms with Crippen molar-refractivity contribution in [2.45, 2.75) is 6.54 Å². The second-order valence-corrected chi connectivity index (χ2v) is 7.22. The van der Waals surface area contributed by atoms with Crippen molar-refractivity contribution >= 4 is 5.91 Å². The van der Waals surface area contributed by atoms with Gasteiger partial charge in [-0.15, -0.1) is 0 Å². The molecule has 6 heteroatoms. The molecule has 146 valence electrons. The van der Waals surface area contributed by atoms with Crippen LogP contribution in [0.2, 0.25) is 0 Å². The van der Waals surface area contributed by atoms with E-state index < -0.39 is 0 Å². The summed E-state index contributed by atoms with van der Waals surface area (Å²) in [6, 6.07) is 19.1. The zero-order valence-electron chi connectivity index (χ0n) is 15.9. The molecule has 3 aromatic rings. The highest BCUT2D eigenvalue weighted by Gasteiger charge is 2.29. The van der Waals surface area contributed by atoms with Crippen LogP contribution in [-0.2, 0) is 11.3 Å². The summed E-state index contributed by atoms with van der Waals surface area (Å²) >= 11 is 0. The van der Waals surface area contributed by atoms with E-state index in [2.05, 4.69) is 5.43 Å². The quantitative estimate of drug-likeness (QED) is 0.734. The molecule has 5 rings (SSSR count). The van der Waals surface area contributed by atoms with Gasteiger partial charge in [-0.3, -0.25) is 9.59 Å². The van der Waals surface area contributed by atoms with Gasteiger partial charge in [0.25, 0.3) is 11.5 Å². The van der Waals surface area contributed by atoms with Gasteiger partial charge in [0, 0.05) is 24.2 Å². The van der Waals surface area contributed by atoms with Gasteiger partial charge < -0.3 is 15.1 Å².